The molecule has 3 aliphatic carbocycles. The van der Waals surface area contributed by atoms with Gasteiger partial charge in [-0.1, -0.05) is 25.2 Å². The molecule has 0 saturated heterocycles. The van der Waals surface area contributed by atoms with Crippen LogP contribution in [-0.4, -0.2) is 38.9 Å². The van der Waals surface area contributed by atoms with Crippen molar-refractivity contribution in [1.29, 1.82) is 0 Å². The molecule has 0 amide bonds. The standard InChI is InChI=1S/C16H22O5/c1-9(2)15(3)8-12-10(14(18)19-4)7-11(15)13(17)16(12,20-5)21-6/h7,11-12H,1,8H2,2-6H3. The van der Waals surface area contributed by atoms with E-state index in [2.05, 4.69) is 6.58 Å². The number of carbonyl (C=O) groups is 2. The van der Waals surface area contributed by atoms with Crippen molar-refractivity contribution in [3.63, 3.8) is 0 Å². The monoisotopic (exact) mass is 294 g/mol. The second-order valence-electron chi connectivity index (χ2n) is 5.99. The van der Waals surface area contributed by atoms with E-state index in [9.17, 15) is 9.59 Å². The van der Waals surface area contributed by atoms with Crippen molar-refractivity contribution in [3.8, 4) is 0 Å². The second kappa shape index (κ2) is 5.07. The highest BCUT2D eigenvalue weighted by molar-refractivity contribution is 6.00. The zero-order valence-corrected chi connectivity index (χ0v) is 13.2. The average Bonchev–Trinajstić information content (AvgIpc) is 2.47. The van der Waals surface area contributed by atoms with Gasteiger partial charge in [-0.15, -0.1) is 0 Å². The van der Waals surface area contributed by atoms with Crippen LogP contribution >= 0.6 is 0 Å². The molecule has 5 nitrogen and oxygen atoms in total. The molecule has 0 heterocycles. The van der Waals surface area contributed by atoms with Crippen molar-refractivity contribution in [2.45, 2.75) is 26.1 Å². The van der Waals surface area contributed by atoms with Gasteiger partial charge < -0.3 is 14.2 Å². The van der Waals surface area contributed by atoms with Crippen LogP contribution in [0.15, 0.2) is 23.8 Å². The lowest BCUT2D eigenvalue weighted by Crippen LogP contribution is -2.64. The highest BCUT2D eigenvalue weighted by atomic mass is 16.7. The Morgan fingerprint density at radius 1 is 1.33 bits per heavy atom. The number of ketones is 1. The molecule has 0 radical (unpaired) electrons. The number of methoxy groups -OCH3 is 3. The van der Waals surface area contributed by atoms with E-state index in [0.717, 1.165) is 5.57 Å². The Morgan fingerprint density at radius 3 is 2.33 bits per heavy atom. The van der Waals surface area contributed by atoms with Crippen LogP contribution in [0, 0.1) is 17.3 Å². The van der Waals surface area contributed by atoms with Crippen LogP contribution in [0.1, 0.15) is 20.3 Å². The molecule has 21 heavy (non-hydrogen) atoms. The normalized spacial score (nSPS) is 33.6. The summed E-state index contributed by atoms with van der Waals surface area (Å²) in [5.74, 6) is -3.03. The number of carbonyl (C=O) groups excluding carboxylic acids is 2. The lowest BCUT2D eigenvalue weighted by molar-refractivity contribution is -0.246. The number of ether oxygens (including phenoxy) is 3. The third-order valence-electron chi connectivity index (χ3n) is 5.12. The van der Waals surface area contributed by atoms with Gasteiger partial charge in [0.25, 0.3) is 0 Å². The third kappa shape index (κ3) is 1.91. The average molecular weight is 294 g/mol. The van der Waals surface area contributed by atoms with E-state index in [4.69, 9.17) is 14.2 Å². The van der Waals surface area contributed by atoms with E-state index >= 15 is 0 Å². The molecule has 116 valence electrons. The first-order valence-corrected chi connectivity index (χ1v) is 6.89. The van der Waals surface area contributed by atoms with Crippen molar-refractivity contribution in [2.75, 3.05) is 21.3 Å². The Kier molecular flexibility index (Phi) is 3.84. The summed E-state index contributed by atoms with van der Waals surface area (Å²) in [5.41, 5.74) is 0.955. The van der Waals surface area contributed by atoms with Crippen molar-refractivity contribution in [2.24, 2.45) is 17.3 Å². The lowest BCUT2D eigenvalue weighted by Gasteiger charge is -2.54. The fraction of sp³-hybridized carbons (Fsp3) is 0.625. The van der Waals surface area contributed by atoms with Crippen LogP contribution in [0.5, 0.6) is 0 Å². The molecule has 0 aromatic carbocycles. The molecule has 3 unspecified atom stereocenters. The van der Waals surface area contributed by atoms with Gasteiger partial charge in [-0.25, -0.2) is 4.79 Å². The fourth-order valence-corrected chi connectivity index (χ4v) is 3.57. The summed E-state index contributed by atoms with van der Waals surface area (Å²) < 4.78 is 15.7. The van der Waals surface area contributed by atoms with E-state index in [1.165, 1.54) is 21.3 Å². The summed E-state index contributed by atoms with van der Waals surface area (Å²) in [4.78, 5) is 24.9. The number of fused-ring (bicyclic) bond motifs is 2. The molecule has 3 aliphatic rings. The van der Waals surface area contributed by atoms with Gasteiger partial charge in [0, 0.05) is 25.2 Å². The molecule has 0 aromatic rings. The molecule has 0 spiro atoms. The van der Waals surface area contributed by atoms with Crippen LogP contribution in [0.4, 0.5) is 0 Å². The van der Waals surface area contributed by atoms with Gasteiger partial charge in [0.2, 0.25) is 5.79 Å². The van der Waals surface area contributed by atoms with E-state index in [1.54, 1.807) is 6.08 Å². The predicted molar refractivity (Wildman–Crippen MR) is 76.4 cm³/mol. The molecule has 3 rings (SSSR count). The zero-order valence-electron chi connectivity index (χ0n) is 13.2. The summed E-state index contributed by atoms with van der Waals surface area (Å²) >= 11 is 0. The largest absolute Gasteiger partial charge is 0.466 e. The maximum Gasteiger partial charge on any atom is 0.333 e. The van der Waals surface area contributed by atoms with E-state index in [0.29, 0.717) is 12.0 Å². The maximum atomic E-state index is 12.9. The molecular weight excluding hydrogens is 272 g/mol. The summed E-state index contributed by atoms with van der Waals surface area (Å²) in [6.45, 7) is 7.91. The summed E-state index contributed by atoms with van der Waals surface area (Å²) in [6.07, 6.45) is 2.26. The van der Waals surface area contributed by atoms with Crippen LogP contribution in [-0.2, 0) is 23.8 Å². The van der Waals surface area contributed by atoms with Crippen LogP contribution in [0.2, 0.25) is 0 Å². The minimum absolute atomic E-state index is 0.165. The third-order valence-corrected chi connectivity index (χ3v) is 5.12. The van der Waals surface area contributed by atoms with Gasteiger partial charge in [0.1, 0.15) is 0 Å². The Bertz CT molecular complexity index is 529. The molecule has 1 fully saturated rings. The topological polar surface area (TPSA) is 61.8 Å². The number of Topliss-reactive ketones (excluding diaryl/α,β-unsaturated/α-hetero) is 1. The van der Waals surface area contributed by atoms with Crippen molar-refractivity contribution in [1.82, 2.24) is 0 Å². The van der Waals surface area contributed by atoms with Crippen molar-refractivity contribution >= 4 is 11.8 Å². The molecule has 0 aliphatic heterocycles. The molecule has 5 heteroatoms. The number of rotatable bonds is 4. The minimum atomic E-state index is -1.42. The Morgan fingerprint density at radius 2 is 1.90 bits per heavy atom. The second-order valence-corrected chi connectivity index (χ2v) is 5.99. The van der Waals surface area contributed by atoms with Gasteiger partial charge in [0.15, 0.2) is 5.78 Å². The molecule has 0 N–H and O–H groups in total. The van der Waals surface area contributed by atoms with E-state index in [1.807, 2.05) is 13.8 Å². The van der Waals surface area contributed by atoms with Gasteiger partial charge >= 0.3 is 5.97 Å². The summed E-state index contributed by atoms with van der Waals surface area (Å²) in [5, 5.41) is 0. The minimum Gasteiger partial charge on any atom is -0.466 e. The molecule has 1 saturated carbocycles. The van der Waals surface area contributed by atoms with Crippen LogP contribution in [0.3, 0.4) is 0 Å². The highest BCUT2D eigenvalue weighted by Crippen LogP contribution is 2.57. The predicted octanol–water partition coefficient (Wildman–Crippen LogP) is 1.88. The van der Waals surface area contributed by atoms with Crippen molar-refractivity contribution < 1.29 is 23.8 Å². The summed E-state index contributed by atoms with van der Waals surface area (Å²) in [6, 6.07) is 0. The first-order valence-electron chi connectivity index (χ1n) is 6.89. The van der Waals surface area contributed by atoms with Gasteiger partial charge in [0.05, 0.1) is 18.9 Å². The van der Waals surface area contributed by atoms with Gasteiger partial charge in [-0.05, 0) is 13.3 Å². The SMILES string of the molecule is C=C(C)C1(C)CC2C(C(=O)OC)=CC1C(=O)C2(OC)OC. The smallest absolute Gasteiger partial charge is 0.333 e. The number of allylic oxidation sites excluding steroid dienone is 2. The number of esters is 1. The Hall–Kier alpha value is -1.46. The number of hydrogen-bond acceptors (Lipinski definition) is 5. The first kappa shape index (κ1) is 15.9. The molecule has 2 bridgehead atoms. The first-order chi connectivity index (χ1) is 9.78. The molecular formula is C16H22O5. The van der Waals surface area contributed by atoms with Crippen molar-refractivity contribution in [3.05, 3.63) is 23.8 Å². The fourth-order valence-electron chi connectivity index (χ4n) is 3.57. The van der Waals surface area contributed by atoms with E-state index < -0.39 is 29.0 Å². The Labute approximate surface area is 124 Å². The molecule has 3 atom stereocenters. The Balaban J connectivity index is 2.62. The van der Waals surface area contributed by atoms with Gasteiger partial charge in [-0.3, -0.25) is 4.79 Å². The molecule has 0 aromatic heterocycles. The van der Waals surface area contributed by atoms with Gasteiger partial charge in [-0.2, -0.15) is 0 Å². The summed E-state index contributed by atoms with van der Waals surface area (Å²) in [7, 11) is 4.18. The maximum absolute atomic E-state index is 12.9. The lowest BCUT2D eigenvalue weighted by atomic mass is 9.52. The number of hydrogen-bond donors (Lipinski definition) is 0. The quantitative estimate of drug-likeness (QED) is 0.450. The van der Waals surface area contributed by atoms with Crippen LogP contribution in [0.25, 0.3) is 0 Å². The van der Waals surface area contributed by atoms with Crippen LogP contribution < -0.4 is 0 Å². The highest BCUT2D eigenvalue weighted by Gasteiger charge is 2.64. The van der Waals surface area contributed by atoms with E-state index in [-0.39, 0.29) is 5.78 Å². The zero-order chi connectivity index (χ0) is 16.0.